The fourth-order valence-corrected chi connectivity index (χ4v) is 4.38. The highest BCUT2D eigenvalue weighted by Gasteiger charge is 2.28. The van der Waals surface area contributed by atoms with E-state index in [9.17, 15) is 23.3 Å². The van der Waals surface area contributed by atoms with E-state index in [1.54, 1.807) is 36.4 Å². The van der Waals surface area contributed by atoms with Gasteiger partial charge in [0.1, 0.15) is 18.9 Å². The lowest BCUT2D eigenvalue weighted by molar-refractivity contribution is -0.384. The molecule has 0 bridgehead atoms. The van der Waals surface area contributed by atoms with Crippen molar-refractivity contribution in [1.82, 2.24) is 5.43 Å². The summed E-state index contributed by atoms with van der Waals surface area (Å²) in [4.78, 5) is 23.1. The molecule has 0 aromatic heterocycles. The van der Waals surface area contributed by atoms with Crippen molar-refractivity contribution in [3.63, 3.8) is 0 Å². The van der Waals surface area contributed by atoms with Crippen LogP contribution in [0.25, 0.3) is 0 Å². The molecule has 0 saturated carbocycles. The van der Waals surface area contributed by atoms with E-state index in [-0.39, 0.29) is 16.3 Å². The third kappa shape index (κ3) is 6.74. The van der Waals surface area contributed by atoms with Gasteiger partial charge >= 0.3 is 0 Å². The van der Waals surface area contributed by atoms with E-state index < -0.39 is 27.4 Å². The van der Waals surface area contributed by atoms with E-state index in [4.69, 9.17) is 4.74 Å². The number of carbonyl (C=O) groups is 1. The number of sulfonamides is 1. The average molecular weight is 495 g/mol. The van der Waals surface area contributed by atoms with Crippen LogP contribution in [-0.2, 0) is 14.8 Å². The number of nitrogens with zero attached hydrogens (tertiary/aromatic N) is 3. The largest absolute Gasteiger partial charge is 0.490 e. The second-order valence-electron chi connectivity index (χ2n) is 7.06. The number of amides is 1. The predicted octanol–water partition coefficient (Wildman–Crippen LogP) is 3.51. The van der Waals surface area contributed by atoms with Gasteiger partial charge in [-0.1, -0.05) is 36.9 Å². The normalized spacial score (nSPS) is 11.1. The first kappa shape index (κ1) is 25.1. The number of carbonyl (C=O) groups excluding carboxylic acids is 1. The van der Waals surface area contributed by atoms with Crippen LogP contribution in [0.5, 0.6) is 5.75 Å². The van der Waals surface area contributed by atoms with Crippen molar-refractivity contribution in [3.8, 4) is 5.75 Å². The van der Waals surface area contributed by atoms with Crippen LogP contribution >= 0.6 is 0 Å². The Balaban J connectivity index is 1.79. The van der Waals surface area contributed by atoms with Gasteiger partial charge in [0.2, 0.25) is 0 Å². The first-order valence-electron chi connectivity index (χ1n) is 10.3. The Morgan fingerprint density at radius 3 is 2.46 bits per heavy atom. The number of non-ortho nitro benzene ring substituents is 1. The predicted molar refractivity (Wildman–Crippen MR) is 132 cm³/mol. The molecular formula is C24H22N4O6S. The summed E-state index contributed by atoms with van der Waals surface area (Å²) in [6, 6.07) is 19.4. The summed E-state index contributed by atoms with van der Waals surface area (Å²) in [6.45, 7) is 3.30. The number of benzene rings is 3. The van der Waals surface area contributed by atoms with Gasteiger partial charge in [-0.25, -0.2) is 13.8 Å². The molecule has 0 heterocycles. The van der Waals surface area contributed by atoms with Crippen molar-refractivity contribution in [1.29, 1.82) is 0 Å². The Hall–Kier alpha value is -4.51. The van der Waals surface area contributed by atoms with Gasteiger partial charge in [-0.2, -0.15) is 5.10 Å². The van der Waals surface area contributed by atoms with Gasteiger partial charge in [0.15, 0.2) is 0 Å². The lowest BCUT2D eigenvalue weighted by Gasteiger charge is -2.23. The van der Waals surface area contributed by atoms with E-state index in [2.05, 4.69) is 17.1 Å². The van der Waals surface area contributed by atoms with Gasteiger partial charge in [0.25, 0.3) is 21.6 Å². The second kappa shape index (κ2) is 11.6. The highest BCUT2D eigenvalue weighted by Crippen LogP contribution is 2.26. The molecule has 0 saturated heterocycles. The van der Waals surface area contributed by atoms with Crippen molar-refractivity contribution < 1.29 is 22.9 Å². The molecule has 1 N–H and O–H groups in total. The highest BCUT2D eigenvalue weighted by atomic mass is 32.2. The van der Waals surface area contributed by atoms with E-state index in [0.717, 1.165) is 10.4 Å². The fraction of sp³-hybridized carbons (Fsp3) is 0.0833. The summed E-state index contributed by atoms with van der Waals surface area (Å²) >= 11 is 0. The molecule has 0 spiro atoms. The standard InChI is InChI=1S/C24H22N4O6S/c1-2-15-34-22-13-11-19(12-14-22)17-25-26-24(29)18-27(20-7-6-8-21(16-20)28(30)31)35(32,33)23-9-4-3-5-10-23/h2-14,16-17H,1,15,18H2,(H,26,29)/b25-17-. The molecular weight excluding hydrogens is 472 g/mol. The third-order valence-corrected chi connectivity index (χ3v) is 6.39. The van der Waals surface area contributed by atoms with Crippen LogP contribution in [0.1, 0.15) is 5.56 Å². The first-order chi connectivity index (χ1) is 16.8. The molecule has 35 heavy (non-hydrogen) atoms. The highest BCUT2D eigenvalue weighted by molar-refractivity contribution is 7.92. The molecule has 10 nitrogen and oxygen atoms in total. The van der Waals surface area contributed by atoms with Gasteiger partial charge in [-0.15, -0.1) is 0 Å². The van der Waals surface area contributed by atoms with Crippen LogP contribution in [0.15, 0.2) is 102 Å². The molecule has 3 aromatic rings. The number of nitrogens with one attached hydrogen (secondary N) is 1. The van der Waals surface area contributed by atoms with Crippen molar-refractivity contribution in [2.75, 3.05) is 17.5 Å². The third-order valence-electron chi connectivity index (χ3n) is 4.60. The quantitative estimate of drug-likeness (QED) is 0.188. The van der Waals surface area contributed by atoms with Gasteiger partial charge in [-0.05, 0) is 48.0 Å². The van der Waals surface area contributed by atoms with Crippen LogP contribution in [0.3, 0.4) is 0 Å². The number of nitro benzene ring substituents is 1. The summed E-state index contributed by atoms with van der Waals surface area (Å²) in [5.41, 5.74) is 2.62. The number of hydrogen-bond donors (Lipinski definition) is 1. The lowest BCUT2D eigenvalue weighted by Crippen LogP contribution is -2.39. The molecule has 0 radical (unpaired) electrons. The summed E-state index contributed by atoms with van der Waals surface area (Å²) < 4.78 is 32.7. The maximum Gasteiger partial charge on any atom is 0.271 e. The topological polar surface area (TPSA) is 131 Å². The van der Waals surface area contributed by atoms with Gasteiger partial charge in [0.05, 0.1) is 21.7 Å². The SMILES string of the molecule is C=CCOc1ccc(/C=N\NC(=O)CN(c2cccc([N+](=O)[O-])c2)S(=O)(=O)c2ccccc2)cc1. The molecule has 0 aliphatic carbocycles. The molecule has 0 aliphatic rings. The molecule has 1 amide bonds. The number of rotatable bonds is 11. The molecule has 0 unspecified atom stereocenters. The maximum absolute atomic E-state index is 13.3. The number of anilines is 1. The lowest BCUT2D eigenvalue weighted by atomic mass is 10.2. The minimum atomic E-state index is -4.20. The molecule has 3 rings (SSSR count). The number of ether oxygens (including phenoxy) is 1. The van der Waals surface area contributed by atoms with Crippen LogP contribution in [0.4, 0.5) is 11.4 Å². The summed E-state index contributed by atoms with van der Waals surface area (Å²) in [7, 11) is -4.20. The maximum atomic E-state index is 13.3. The van der Waals surface area contributed by atoms with E-state index in [1.807, 2.05) is 0 Å². The monoisotopic (exact) mass is 494 g/mol. The van der Waals surface area contributed by atoms with Gasteiger partial charge in [0, 0.05) is 12.1 Å². The molecule has 0 atom stereocenters. The number of hydrogen-bond acceptors (Lipinski definition) is 7. The van der Waals surface area contributed by atoms with Crippen LogP contribution < -0.4 is 14.5 Å². The van der Waals surface area contributed by atoms with Crippen LogP contribution in [-0.4, -0.2) is 38.6 Å². The zero-order valence-corrected chi connectivity index (χ0v) is 19.3. The summed E-state index contributed by atoms with van der Waals surface area (Å²) in [5.74, 6) is -0.0944. The van der Waals surface area contributed by atoms with Crippen molar-refractivity contribution in [2.45, 2.75) is 4.90 Å². The Bertz CT molecular complexity index is 1330. The minimum Gasteiger partial charge on any atom is -0.490 e. The Kier molecular flexibility index (Phi) is 8.30. The second-order valence-corrected chi connectivity index (χ2v) is 8.93. The summed E-state index contributed by atoms with van der Waals surface area (Å²) in [5, 5.41) is 15.1. The average Bonchev–Trinajstić information content (AvgIpc) is 2.87. The Labute approximate surface area is 202 Å². The first-order valence-corrected chi connectivity index (χ1v) is 11.7. The summed E-state index contributed by atoms with van der Waals surface area (Å²) in [6.07, 6.45) is 3.01. The molecule has 0 aliphatic heterocycles. The fourth-order valence-electron chi connectivity index (χ4n) is 2.95. The molecule has 180 valence electrons. The van der Waals surface area contributed by atoms with Crippen molar-refractivity contribution in [2.24, 2.45) is 5.10 Å². The van der Waals surface area contributed by atoms with Gasteiger partial charge in [-0.3, -0.25) is 19.2 Å². The zero-order chi connectivity index (χ0) is 25.3. The molecule has 3 aromatic carbocycles. The van der Waals surface area contributed by atoms with E-state index in [0.29, 0.717) is 17.9 Å². The van der Waals surface area contributed by atoms with Crippen LogP contribution in [0.2, 0.25) is 0 Å². The minimum absolute atomic E-state index is 0.0303. The smallest absolute Gasteiger partial charge is 0.271 e. The number of hydrazone groups is 1. The number of nitro groups is 1. The van der Waals surface area contributed by atoms with E-state index in [1.165, 1.54) is 48.7 Å². The molecule has 0 fully saturated rings. The van der Waals surface area contributed by atoms with E-state index >= 15 is 0 Å². The Morgan fingerprint density at radius 1 is 1.09 bits per heavy atom. The molecule has 11 heteroatoms. The Morgan fingerprint density at radius 2 is 1.80 bits per heavy atom. The zero-order valence-electron chi connectivity index (χ0n) is 18.5. The van der Waals surface area contributed by atoms with Crippen molar-refractivity contribution in [3.05, 3.63) is 107 Å². The van der Waals surface area contributed by atoms with Crippen molar-refractivity contribution >= 4 is 33.5 Å². The van der Waals surface area contributed by atoms with Crippen LogP contribution in [0, 0.1) is 10.1 Å². The van der Waals surface area contributed by atoms with Gasteiger partial charge < -0.3 is 4.74 Å².